The molecule has 6 heteroatoms. The number of benzene rings is 1. The highest BCUT2D eigenvalue weighted by molar-refractivity contribution is 5.98. The van der Waals surface area contributed by atoms with Crippen LogP contribution in [0.15, 0.2) is 49.1 Å². The van der Waals surface area contributed by atoms with E-state index < -0.39 is 0 Å². The van der Waals surface area contributed by atoms with Crippen molar-refractivity contribution >= 4 is 22.6 Å². The average Bonchev–Trinajstić information content (AvgIpc) is 3.26. The van der Waals surface area contributed by atoms with Gasteiger partial charge < -0.3 is 9.80 Å². The first-order chi connectivity index (χ1) is 13.2. The summed E-state index contributed by atoms with van der Waals surface area (Å²) in [5.41, 5.74) is 2.78. The second-order valence-corrected chi connectivity index (χ2v) is 7.58. The topological polar surface area (TPSA) is 62.2 Å². The molecule has 1 amide bonds. The Kier molecular flexibility index (Phi) is 3.77. The Bertz CT molecular complexity index is 1010. The Morgan fingerprint density at radius 3 is 2.67 bits per heavy atom. The molecule has 1 aromatic carbocycles. The number of anilines is 1. The van der Waals surface area contributed by atoms with Crippen LogP contribution in [0.1, 0.15) is 15.9 Å². The van der Waals surface area contributed by atoms with Crippen molar-refractivity contribution in [2.24, 2.45) is 11.8 Å². The van der Waals surface area contributed by atoms with Crippen molar-refractivity contribution in [3.63, 3.8) is 0 Å². The molecule has 4 heterocycles. The van der Waals surface area contributed by atoms with Crippen LogP contribution in [-0.2, 0) is 0 Å². The first kappa shape index (κ1) is 16.2. The number of carbonyl (C=O) groups is 1. The van der Waals surface area contributed by atoms with Crippen LogP contribution in [0.5, 0.6) is 0 Å². The minimum atomic E-state index is 0.125. The average molecular weight is 359 g/mol. The predicted molar refractivity (Wildman–Crippen MR) is 104 cm³/mol. The normalized spacial score (nSPS) is 21.7. The molecule has 3 aromatic rings. The summed E-state index contributed by atoms with van der Waals surface area (Å²) in [6.07, 6.45) is 5.25. The summed E-state index contributed by atoms with van der Waals surface area (Å²) in [4.78, 5) is 30.2. The summed E-state index contributed by atoms with van der Waals surface area (Å²) in [5, 5.41) is 1.01. The molecule has 2 saturated heterocycles. The summed E-state index contributed by atoms with van der Waals surface area (Å²) >= 11 is 0. The summed E-state index contributed by atoms with van der Waals surface area (Å²) < 4.78 is 0. The zero-order valence-electron chi connectivity index (χ0n) is 15.2. The Morgan fingerprint density at radius 2 is 1.89 bits per heavy atom. The molecule has 2 fully saturated rings. The Morgan fingerprint density at radius 1 is 1.07 bits per heavy atom. The molecule has 2 atom stereocenters. The number of rotatable bonds is 2. The van der Waals surface area contributed by atoms with Crippen molar-refractivity contribution < 1.29 is 4.79 Å². The van der Waals surface area contributed by atoms with E-state index >= 15 is 0 Å². The Labute approximate surface area is 157 Å². The zero-order chi connectivity index (χ0) is 18.4. The monoisotopic (exact) mass is 359 g/mol. The van der Waals surface area contributed by atoms with Gasteiger partial charge in [0.2, 0.25) is 0 Å². The van der Waals surface area contributed by atoms with E-state index in [9.17, 15) is 4.79 Å². The number of carbonyl (C=O) groups excluding carboxylic acids is 1. The molecule has 2 aliphatic heterocycles. The fraction of sp³-hybridized carbons (Fsp3) is 0.333. The van der Waals surface area contributed by atoms with Crippen LogP contribution in [0.2, 0.25) is 0 Å². The molecule has 136 valence electrons. The molecule has 6 nitrogen and oxygen atoms in total. The van der Waals surface area contributed by atoms with Gasteiger partial charge in [0.25, 0.3) is 5.91 Å². The number of aromatic nitrogens is 3. The molecule has 0 radical (unpaired) electrons. The van der Waals surface area contributed by atoms with Gasteiger partial charge in [-0.1, -0.05) is 6.07 Å². The molecule has 2 unspecified atom stereocenters. The van der Waals surface area contributed by atoms with Crippen molar-refractivity contribution in [3.8, 4) is 0 Å². The summed E-state index contributed by atoms with van der Waals surface area (Å²) in [6, 6.07) is 9.68. The highest BCUT2D eigenvalue weighted by Gasteiger charge is 2.42. The first-order valence-corrected chi connectivity index (χ1v) is 9.34. The van der Waals surface area contributed by atoms with E-state index in [1.165, 1.54) is 0 Å². The lowest BCUT2D eigenvalue weighted by atomic mass is 10.0. The smallest absolute Gasteiger partial charge is 0.253 e. The van der Waals surface area contributed by atoms with Gasteiger partial charge in [-0.05, 0) is 31.2 Å². The number of aryl methyl sites for hydroxylation is 1. The van der Waals surface area contributed by atoms with Gasteiger partial charge in [-0.3, -0.25) is 9.78 Å². The minimum Gasteiger partial charge on any atom is -0.356 e. The number of hydrogen-bond acceptors (Lipinski definition) is 5. The molecular formula is C21H21N5O. The van der Waals surface area contributed by atoms with Gasteiger partial charge in [0, 0.05) is 66.9 Å². The van der Waals surface area contributed by atoms with E-state index in [-0.39, 0.29) is 5.91 Å². The summed E-state index contributed by atoms with van der Waals surface area (Å²) in [5.74, 6) is 2.16. The number of nitrogens with zero attached hydrogens (tertiary/aromatic N) is 5. The van der Waals surface area contributed by atoms with Crippen LogP contribution in [0.4, 0.5) is 5.82 Å². The molecule has 27 heavy (non-hydrogen) atoms. The van der Waals surface area contributed by atoms with Crippen LogP contribution in [-0.4, -0.2) is 51.9 Å². The van der Waals surface area contributed by atoms with Crippen molar-refractivity contribution in [1.29, 1.82) is 0 Å². The molecule has 5 rings (SSSR count). The molecule has 0 spiro atoms. The maximum absolute atomic E-state index is 13.0. The molecule has 0 bridgehead atoms. The van der Waals surface area contributed by atoms with Crippen molar-refractivity contribution in [3.05, 3.63) is 60.2 Å². The molecule has 2 aromatic heterocycles. The molecular weight excluding hydrogens is 338 g/mol. The second-order valence-electron chi connectivity index (χ2n) is 7.58. The van der Waals surface area contributed by atoms with Crippen molar-refractivity contribution in [2.75, 3.05) is 31.1 Å². The highest BCUT2D eigenvalue weighted by atomic mass is 16.2. The van der Waals surface area contributed by atoms with Crippen LogP contribution in [0.3, 0.4) is 0 Å². The van der Waals surface area contributed by atoms with Gasteiger partial charge in [-0.15, -0.1) is 0 Å². The third kappa shape index (κ3) is 2.81. The number of pyridine rings is 1. The van der Waals surface area contributed by atoms with Gasteiger partial charge >= 0.3 is 0 Å². The second kappa shape index (κ2) is 6.30. The quantitative estimate of drug-likeness (QED) is 0.704. The van der Waals surface area contributed by atoms with Crippen LogP contribution in [0, 0.1) is 18.8 Å². The van der Waals surface area contributed by atoms with Crippen LogP contribution >= 0.6 is 0 Å². The van der Waals surface area contributed by atoms with E-state index in [4.69, 9.17) is 0 Å². The van der Waals surface area contributed by atoms with Crippen molar-refractivity contribution in [1.82, 2.24) is 19.9 Å². The predicted octanol–water partition coefficient (Wildman–Crippen LogP) is 2.54. The van der Waals surface area contributed by atoms with E-state index in [0.29, 0.717) is 11.8 Å². The van der Waals surface area contributed by atoms with Gasteiger partial charge in [0.1, 0.15) is 12.1 Å². The third-order valence-corrected chi connectivity index (χ3v) is 5.79. The van der Waals surface area contributed by atoms with Crippen LogP contribution < -0.4 is 4.90 Å². The zero-order valence-corrected chi connectivity index (χ0v) is 15.2. The lowest BCUT2D eigenvalue weighted by Gasteiger charge is -2.23. The number of fused-ring (bicyclic) bond motifs is 2. The first-order valence-electron chi connectivity index (χ1n) is 9.34. The standard InChI is InChI=1S/C21H21N5O/c1-14-8-22-13-24-20(14)25-9-17-11-26(12-18(17)10-25)21(27)16-4-5-19-15(7-16)3-2-6-23-19/h2-8,13,17-18H,9-12H2,1H3. The largest absolute Gasteiger partial charge is 0.356 e. The lowest BCUT2D eigenvalue weighted by Crippen LogP contribution is -2.33. The fourth-order valence-corrected chi connectivity index (χ4v) is 4.45. The van der Waals surface area contributed by atoms with Crippen LogP contribution in [0.25, 0.3) is 10.9 Å². The summed E-state index contributed by atoms with van der Waals surface area (Å²) in [7, 11) is 0. The maximum atomic E-state index is 13.0. The highest BCUT2D eigenvalue weighted by Crippen LogP contribution is 2.34. The Hall–Kier alpha value is -3.02. The van der Waals surface area contributed by atoms with E-state index in [1.807, 2.05) is 48.4 Å². The fourth-order valence-electron chi connectivity index (χ4n) is 4.45. The third-order valence-electron chi connectivity index (χ3n) is 5.79. The molecule has 0 aliphatic carbocycles. The molecule has 2 aliphatic rings. The van der Waals surface area contributed by atoms with Crippen molar-refractivity contribution in [2.45, 2.75) is 6.92 Å². The van der Waals surface area contributed by atoms with E-state index in [2.05, 4.69) is 19.9 Å². The van der Waals surface area contributed by atoms with Gasteiger partial charge in [0.05, 0.1) is 5.52 Å². The summed E-state index contributed by atoms with van der Waals surface area (Å²) in [6.45, 7) is 5.58. The number of likely N-dealkylation sites (tertiary alicyclic amines) is 1. The number of hydrogen-bond donors (Lipinski definition) is 0. The van der Waals surface area contributed by atoms with Gasteiger partial charge in [-0.25, -0.2) is 9.97 Å². The maximum Gasteiger partial charge on any atom is 0.253 e. The van der Waals surface area contributed by atoms with E-state index in [0.717, 1.165) is 54.0 Å². The molecule has 0 saturated carbocycles. The lowest BCUT2D eigenvalue weighted by molar-refractivity contribution is 0.0782. The SMILES string of the molecule is Cc1cncnc1N1CC2CN(C(=O)c3ccc4ncccc4c3)CC2C1. The van der Waals surface area contributed by atoms with Gasteiger partial charge in [0.15, 0.2) is 0 Å². The van der Waals surface area contributed by atoms with Gasteiger partial charge in [-0.2, -0.15) is 0 Å². The molecule has 0 N–H and O–H groups in total. The Balaban J connectivity index is 1.31. The van der Waals surface area contributed by atoms with E-state index in [1.54, 1.807) is 12.5 Å². The number of amides is 1. The minimum absolute atomic E-state index is 0.125.